The van der Waals surface area contributed by atoms with E-state index in [2.05, 4.69) is 10.6 Å². The largest absolute Gasteiger partial charge is 0.447 e. The third kappa shape index (κ3) is 10.9. The first-order valence-corrected chi connectivity index (χ1v) is 9.81. The maximum absolute atomic E-state index is 11.2. The van der Waals surface area contributed by atoms with Gasteiger partial charge in [-0.15, -0.1) is 0 Å². The summed E-state index contributed by atoms with van der Waals surface area (Å²) in [7, 11) is 0. The van der Waals surface area contributed by atoms with Crippen LogP contribution in [0.5, 0.6) is 0 Å². The minimum Gasteiger partial charge on any atom is -0.447 e. The maximum Gasteiger partial charge on any atom is 0.407 e. The first kappa shape index (κ1) is 21.6. The Balaban J connectivity index is 0.000000251. The number of nitrogens with one attached hydrogen (secondary N) is 2. The highest BCUT2D eigenvalue weighted by molar-refractivity contribution is 5.68. The summed E-state index contributed by atoms with van der Waals surface area (Å²) in [5.74, 6) is 0. The Morgan fingerprint density at radius 2 is 1.00 bits per heavy atom. The molecular formula is C19H36N2O4. The summed E-state index contributed by atoms with van der Waals surface area (Å²) in [6, 6.07) is 0.705. The van der Waals surface area contributed by atoms with Gasteiger partial charge in [0.2, 0.25) is 0 Å². The lowest BCUT2D eigenvalue weighted by Gasteiger charge is -2.22. The van der Waals surface area contributed by atoms with Gasteiger partial charge in [0.1, 0.15) is 0 Å². The van der Waals surface area contributed by atoms with Crippen molar-refractivity contribution in [3.05, 3.63) is 0 Å². The van der Waals surface area contributed by atoms with Crippen LogP contribution >= 0.6 is 0 Å². The maximum atomic E-state index is 11.2. The molecule has 6 nitrogen and oxygen atoms in total. The molecule has 2 saturated carbocycles. The highest BCUT2D eigenvalue weighted by atomic mass is 16.6. The second-order valence-corrected chi connectivity index (χ2v) is 7.51. The number of rotatable bonds is 4. The number of carbonyl (C=O) groups excluding carboxylic acids is 2. The van der Waals surface area contributed by atoms with Crippen molar-refractivity contribution in [1.29, 1.82) is 0 Å². The predicted octanol–water partition coefficient (Wildman–Crippen LogP) is 4.52. The standard InChI is InChI=1S/C10H19NO2.C9H17NO2/c1-8(2)13-10(12)11-9-6-4-3-5-7-9;1-7(2)12-9(11)10-8-5-3-4-6-8/h8-9H,3-7H2,1-2H3,(H,11,12);7-8H,3-6H2,1-2H3,(H,10,11). The van der Waals surface area contributed by atoms with Gasteiger partial charge in [-0.1, -0.05) is 32.1 Å². The Labute approximate surface area is 152 Å². The molecule has 2 N–H and O–H groups in total. The summed E-state index contributed by atoms with van der Waals surface area (Å²) in [5, 5.41) is 5.74. The fourth-order valence-corrected chi connectivity index (χ4v) is 3.15. The van der Waals surface area contributed by atoms with Gasteiger partial charge in [0, 0.05) is 12.1 Å². The smallest absolute Gasteiger partial charge is 0.407 e. The first-order chi connectivity index (χ1) is 11.9. The average Bonchev–Trinajstić information content (AvgIpc) is 3.00. The monoisotopic (exact) mass is 356 g/mol. The van der Waals surface area contributed by atoms with E-state index in [0.717, 1.165) is 25.7 Å². The van der Waals surface area contributed by atoms with Crippen molar-refractivity contribution in [3.63, 3.8) is 0 Å². The summed E-state index contributed by atoms with van der Waals surface area (Å²) >= 11 is 0. The molecule has 0 spiro atoms. The van der Waals surface area contributed by atoms with Crippen molar-refractivity contribution in [2.75, 3.05) is 0 Å². The van der Waals surface area contributed by atoms with E-state index in [1.807, 2.05) is 27.7 Å². The molecule has 0 aromatic carbocycles. The predicted molar refractivity (Wildman–Crippen MR) is 98.6 cm³/mol. The number of ether oxygens (including phenoxy) is 2. The molecule has 2 aliphatic rings. The molecule has 0 radical (unpaired) electrons. The highest BCUT2D eigenvalue weighted by Crippen LogP contribution is 2.18. The van der Waals surface area contributed by atoms with Crippen LogP contribution in [0.1, 0.15) is 85.5 Å². The Kier molecular flexibility index (Phi) is 10.3. The quantitative estimate of drug-likeness (QED) is 0.776. The van der Waals surface area contributed by atoms with Gasteiger partial charge in [-0.25, -0.2) is 9.59 Å². The van der Waals surface area contributed by atoms with Crippen molar-refractivity contribution < 1.29 is 19.1 Å². The zero-order valence-corrected chi connectivity index (χ0v) is 16.3. The molecule has 2 rings (SSSR count). The lowest BCUT2D eigenvalue weighted by molar-refractivity contribution is 0.109. The molecule has 2 fully saturated rings. The van der Waals surface area contributed by atoms with E-state index in [-0.39, 0.29) is 24.4 Å². The van der Waals surface area contributed by atoms with Crippen molar-refractivity contribution in [3.8, 4) is 0 Å². The topological polar surface area (TPSA) is 76.7 Å². The van der Waals surface area contributed by atoms with Crippen LogP contribution in [-0.4, -0.2) is 36.5 Å². The Bertz CT molecular complexity index is 387. The fraction of sp³-hybridized carbons (Fsp3) is 0.895. The van der Waals surface area contributed by atoms with Crippen LogP contribution in [0.15, 0.2) is 0 Å². The molecule has 2 aliphatic carbocycles. The van der Waals surface area contributed by atoms with E-state index in [1.165, 1.54) is 32.1 Å². The van der Waals surface area contributed by atoms with Gasteiger partial charge in [0.15, 0.2) is 0 Å². The normalized spacial score (nSPS) is 18.5. The Hall–Kier alpha value is -1.46. The van der Waals surface area contributed by atoms with Gasteiger partial charge in [-0.2, -0.15) is 0 Å². The Morgan fingerprint density at radius 3 is 1.32 bits per heavy atom. The van der Waals surface area contributed by atoms with Gasteiger partial charge in [0.05, 0.1) is 12.2 Å². The molecule has 0 aliphatic heterocycles. The second kappa shape index (κ2) is 12.0. The van der Waals surface area contributed by atoms with E-state index in [1.54, 1.807) is 0 Å². The summed E-state index contributed by atoms with van der Waals surface area (Å²) in [6.07, 6.45) is 10.1. The molecule has 2 amide bonds. The van der Waals surface area contributed by atoms with Crippen LogP contribution in [0, 0.1) is 0 Å². The molecule has 146 valence electrons. The third-order valence-electron chi connectivity index (χ3n) is 4.29. The second-order valence-electron chi connectivity index (χ2n) is 7.51. The molecule has 6 heteroatoms. The summed E-state index contributed by atoms with van der Waals surface area (Å²) < 4.78 is 9.96. The van der Waals surface area contributed by atoms with Crippen molar-refractivity contribution in [2.45, 2.75) is 110 Å². The summed E-state index contributed by atoms with van der Waals surface area (Å²) in [5.41, 5.74) is 0. The fourth-order valence-electron chi connectivity index (χ4n) is 3.15. The molecule has 0 aromatic rings. The third-order valence-corrected chi connectivity index (χ3v) is 4.29. The van der Waals surface area contributed by atoms with Crippen LogP contribution < -0.4 is 10.6 Å². The highest BCUT2D eigenvalue weighted by Gasteiger charge is 2.18. The first-order valence-electron chi connectivity index (χ1n) is 9.81. The summed E-state index contributed by atoms with van der Waals surface area (Å²) in [4.78, 5) is 22.3. The lowest BCUT2D eigenvalue weighted by Crippen LogP contribution is -2.37. The van der Waals surface area contributed by atoms with Crippen LogP contribution in [0.2, 0.25) is 0 Å². The molecule has 0 saturated heterocycles. The van der Waals surface area contributed by atoms with E-state index in [0.29, 0.717) is 12.1 Å². The minimum atomic E-state index is -0.267. The molecule has 0 bridgehead atoms. The molecule has 0 unspecified atom stereocenters. The van der Waals surface area contributed by atoms with Gasteiger partial charge in [-0.05, 0) is 53.4 Å². The number of amides is 2. The van der Waals surface area contributed by atoms with Crippen molar-refractivity contribution in [1.82, 2.24) is 10.6 Å². The Morgan fingerprint density at radius 1 is 0.680 bits per heavy atom. The molecular weight excluding hydrogens is 320 g/mol. The molecule has 0 atom stereocenters. The summed E-state index contributed by atoms with van der Waals surface area (Å²) in [6.45, 7) is 7.43. The number of alkyl carbamates (subject to hydrolysis) is 2. The van der Waals surface area contributed by atoms with Crippen LogP contribution in [0.25, 0.3) is 0 Å². The zero-order valence-electron chi connectivity index (χ0n) is 16.3. The zero-order chi connectivity index (χ0) is 18.7. The molecule has 25 heavy (non-hydrogen) atoms. The van der Waals surface area contributed by atoms with E-state index >= 15 is 0 Å². The van der Waals surface area contributed by atoms with Crippen LogP contribution in [-0.2, 0) is 9.47 Å². The van der Waals surface area contributed by atoms with Crippen LogP contribution in [0.4, 0.5) is 9.59 Å². The van der Waals surface area contributed by atoms with Crippen molar-refractivity contribution in [2.24, 2.45) is 0 Å². The number of hydrogen-bond acceptors (Lipinski definition) is 4. The van der Waals surface area contributed by atoms with Gasteiger partial charge in [-0.3, -0.25) is 0 Å². The minimum absolute atomic E-state index is 0.0218. The van der Waals surface area contributed by atoms with Gasteiger partial charge < -0.3 is 20.1 Å². The average molecular weight is 357 g/mol. The van der Waals surface area contributed by atoms with E-state index in [4.69, 9.17) is 9.47 Å². The van der Waals surface area contributed by atoms with E-state index in [9.17, 15) is 9.59 Å². The van der Waals surface area contributed by atoms with Crippen molar-refractivity contribution >= 4 is 12.2 Å². The van der Waals surface area contributed by atoms with Crippen LogP contribution in [0.3, 0.4) is 0 Å². The number of hydrogen-bond donors (Lipinski definition) is 2. The van der Waals surface area contributed by atoms with E-state index < -0.39 is 0 Å². The SMILES string of the molecule is CC(C)OC(=O)NC1CCCC1.CC(C)OC(=O)NC1CCCCC1. The van der Waals surface area contributed by atoms with Gasteiger partial charge >= 0.3 is 12.2 Å². The number of carbonyl (C=O) groups is 2. The molecule has 0 aromatic heterocycles. The molecule has 0 heterocycles. The lowest BCUT2D eigenvalue weighted by atomic mass is 9.96. The van der Waals surface area contributed by atoms with Gasteiger partial charge in [0.25, 0.3) is 0 Å².